The van der Waals surface area contributed by atoms with E-state index in [0.717, 1.165) is 16.5 Å². The lowest BCUT2D eigenvalue weighted by atomic mass is 10.2. The molecule has 1 heterocycles. The highest BCUT2D eigenvalue weighted by Gasteiger charge is 1.96. The number of ether oxygens (including phenoxy) is 1. The fraction of sp³-hybridized carbons (Fsp3) is 0.182. The summed E-state index contributed by atoms with van der Waals surface area (Å²) in [6.45, 7) is 0.366. The van der Waals surface area contributed by atoms with Crippen LogP contribution in [0.15, 0.2) is 36.7 Å². The largest absolute Gasteiger partial charge is 0.491 e. The number of hydrogen-bond donors (Lipinski definition) is 1. The average molecular weight is 189 g/mol. The lowest BCUT2D eigenvalue weighted by Gasteiger charge is -2.04. The van der Waals surface area contributed by atoms with Crippen molar-refractivity contribution in [1.82, 2.24) is 4.98 Å². The smallest absolute Gasteiger partial charge is 0.120 e. The summed E-state index contributed by atoms with van der Waals surface area (Å²) in [7, 11) is 0. The molecule has 14 heavy (non-hydrogen) atoms. The maximum absolute atomic E-state index is 8.61. The molecule has 0 bridgehead atoms. The van der Waals surface area contributed by atoms with Crippen LogP contribution in [0.1, 0.15) is 0 Å². The number of aromatic nitrogens is 1. The van der Waals surface area contributed by atoms with Gasteiger partial charge in [-0.05, 0) is 29.7 Å². The number of pyridine rings is 1. The monoisotopic (exact) mass is 189 g/mol. The number of rotatable bonds is 3. The molecule has 2 rings (SSSR count). The van der Waals surface area contributed by atoms with Gasteiger partial charge < -0.3 is 9.84 Å². The van der Waals surface area contributed by atoms with Gasteiger partial charge in [-0.25, -0.2) is 0 Å². The van der Waals surface area contributed by atoms with Crippen molar-refractivity contribution in [3.05, 3.63) is 36.7 Å². The second kappa shape index (κ2) is 4.07. The zero-order valence-electron chi connectivity index (χ0n) is 7.68. The number of hydrogen-bond acceptors (Lipinski definition) is 3. The highest BCUT2D eigenvalue weighted by molar-refractivity contribution is 5.82. The van der Waals surface area contributed by atoms with E-state index < -0.39 is 0 Å². The Labute approximate surface area is 82.0 Å². The SMILES string of the molecule is OCCOc1ccc2cnccc2c1. The highest BCUT2D eigenvalue weighted by Crippen LogP contribution is 2.19. The van der Waals surface area contributed by atoms with E-state index in [4.69, 9.17) is 9.84 Å². The van der Waals surface area contributed by atoms with Crippen molar-refractivity contribution in [3.63, 3.8) is 0 Å². The molecule has 1 aromatic carbocycles. The second-order valence-corrected chi connectivity index (χ2v) is 2.96. The van der Waals surface area contributed by atoms with Crippen molar-refractivity contribution < 1.29 is 9.84 Å². The van der Waals surface area contributed by atoms with Crippen LogP contribution >= 0.6 is 0 Å². The van der Waals surface area contributed by atoms with Crippen LogP contribution in [0, 0.1) is 0 Å². The van der Waals surface area contributed by atoms with Crippen LogP contribution in [-0.2, 0) is 0 Å². The third kappa shape index (κ3) is 1.83. The molecule has 0 atom stereocenters. The molecule has 0 aliphatic heterocycles. The van der Waals surface area contributed by atoms with Crippen LogP contribution in [0.5, 0.6) is 5.75 Å². The van der Waals surface area contributed by atoms with Crippen molar-refractivity contribution >= 4 is 10.8 Å². The first-order chi connectivity index (χ1) is 6.90. The Morgan fingerprint density at radius 1 is 1.21 bits per heavy atom. The van der Waals surface area contributed by atoms with Gasteiger partial charge in [-0.3, -0.25) is 4.98 Å². The Morgan fingerprint density at radius 2 is 2.14 bits per heavy atom. The Kier molecular flexibility index (Phi) is 2.60. The molecule has 0 aliphatic rings. The van der Waals surface area contributed by atoms with Gasteiger partial charge in [0.2, 0.25) is 0 Å². The topological polar surface area (TPSA) is 42.4 Å². The first-order valence-corrected chi connectivity index (χ1v) is 4.47. The molecule has 0 unspecified atom stereocenters. The van der Waals surface area contributed by atoms with E-state index in [-0.39, 0.29) is 6.61 Å². The summed E-state index contributed by atoms with van der Waals surface area (Å²) in [6.07, 6.45) is 3.56. The van der Waals surface area contributed by atoms with Gasteiger partial charge in [0.15, 0.2) is 0 Å². The number of aliphatic hydroxyl groups is 1. The zero-order chi connectivity index (χ0) is 9.80. The fourth-order valence-electron chi connectivity index (χ4n) is 1.31. The molecule has 0 amide bonds. The molecule has 3 nitrogen and oxygen atoms in total. The van der Waals surface area contributed by atoms with Crippen LogP contribution in [0.2, 0.25) is 0 Å². The normalized spacial score (nSPS) is 10.4. The van der Waals surface area contributed by atoms with Gasteiger partial charge in [0, 0.05) is 17.8 Å². The summed E-state index contributed by atoms with van der Waals surface area (Å²) in [5, 5.41) is 10.8. The molecule has 1 N–H and O–H groups in total. The molecule has 0 saturated heterocycles. The number of aliphatic hydroxyl groups excluding tert-OH is 1. The van der Waals surface area contributed by atoms with E-state index in [0.29, 0.717) is 6.61 Å². The number of benzene rings is 1. The average Bonchev–Trinajstić information content (AvgIpc) is 2.26. The predicted octanol–water partition coefficient (Wildman–Crippen LogP) is 1.61. The van der Waals surface area contributed by atoms with E-state index in [1.807, 2.05) is 30.5 Å². The van der Waals surface area contributed by atoms with Crippen molar-refractivity contribution in [2.75, 3.05) is 13.2 Å². The Morgan fingerprint density at radius 3 is 3.00 bits per heavy atom. The van der Waals surface area contributed by atoms with Crippen LogP contribution in [0.4, 0.5) is 0 Å². The minimum atomic E-state index is 0.0361. The summed E-state index contributed by atoms with van der Waals surface area (Å²) in [5.74, 6) is 0.776. The molecular weight excluding hydrogens is 178 g/mol. The van der Waals surface area contributed by atoms with Crippen molar-refractivity contribution in [3.8, 4) is 5.75 Å². The predicted molar refractivity (Wildman–Crippen MR) is 54.3 cm³/mol. The van der Waals surface area contributed by atoms with Gasteiger partial charge in [-0.15, -0.1) is 0 Å². The van der Waals surface area contributed by atoms with Gasteiger partial charge in [0.05, 0.1) is 6.61 Å². The molecule has 3 heteroatoms. The summed E-state index contributed by atoms with van der Waals surface area (Å²) < 4.78 is 5.29. The van der Waals surface area contributed by atoms with Crippen molar-refractivity contribution in [2.24, 2.45) is 0 Å². The Balaban J connectivity index is 2.32. The van der Waals surface area contributed by atoms with Crippen molar-refractivity contribution in [2.45, 2.75) is 0 Å². The van der Waals surface area contributed by atoms with E-state index in [2.05, 4.69) is 4.98 Å². The molecule has 2 aromatic rings. The van der Waals surface area contributed by atoms with Crippen LogP contribution in [-0.4, -0.2) is 23.3 Å². The first-order valence-electron chi connectivity index (χ1n) is 4.47. The maximum Gasteiger partial charge on any atom is 0.120 e. The maximum atomic E-state index is 8.61. The summed E-state index contributed by atoms with van der Waals surface area (Å²) in [6, 6.07) is 7.70. The summed E-state index contributed by atoms with van der Waals surface area (Å²) >= 11 is 0. The molecule has 72 valence electrons. The fourth-order valence-corrected chi connectivity index (χ4v) is 1.31. The van der Waals surface area contributed by atoms with E-state index in [1.165, 1.54) is 0 Å². The standard InChI is InChI=1S/C11H11NO2/c13-5-6-14-11-2-1-10-8-12-4-3-9(10)7-11/h1-4,7-8,13H,5-6H2. The number of fused-ring (bicyclic) bond motifs is 1. The lowest BCUT2D eigenvalue weighted by molar-refractivity contribution is 0.201. The Bertz CT molecular complexity index is 428. The van der Waals surface area contributed by atoms with Crippen LogP contribution in [0.25, 0.3) is 10.8 Å². The molecule has 0 fully saturated rings. The first kappa shape index (κ1) is 8.97. The van der Waals surface area contributed by atoms with E-state index >= 15 is 0 Å². The third-order valence-electron chi connectivity index (χ3n) is 1.97. The molecule has 0 aliphatic carbocycles. The van der Waals surface area contributed by atoms with Crippen LogP contribution in [0.3, 0.4) is 0 Å². The quantitative estimate of drug-likeness (QED) is 0.797. The molecular formula is C11H11NO2. The molecule has 0 spiro atoms. The second-order valence-electron chi connectivity index (χ2n) is 2.96. The van der Waals surface area contributed by atoms with Crippen molar-refractivity contribution in [1.29, 1.82) is 0 Å². The van der Waals surface area contributed by atoms with Gasteiger partial charge in [-0.1, -0.05) is 0 Å². The van der Waals surface area contributed by atoms with Gasteiger partial charge in [-0.2, -0.15) is 0 Å². The summed E-state index contributed by atoms with van der Waals surface area (Å²) in [5.41, 5.74) is 0. The zero-order valence-corrected chi connectivity index (χ0v) is 7.68. The summed E-state index contributed by atoms with van der Waals surface area (Å²) in [4.78, 5) is 4.02. The third-order valence-corrected chi connectivity index (χ3v) is 1.97. The van der Waals surface area contributed by atoms with Gasteiger partial charge in [0.25, 0.3) is 0 Å². The Hall–Kier alpha value is -1.61. The van der Waals surface area contributed by atoms with E-state index in [9.17, 15) is 0 Å². The van der Waals surface area contributed by atoms with E-state index in [1.54, 1.807) is 6.20 Å². The molecule has 0 radical (unpaired) electrons. The van der Waals surface area contributed by atoms with Gasteiger partial charge in [0.1, 0.15) is 12.4 Å². The van der Waals surface area contributed by atoms with Gasteiger partial charge >= 0.3 is 0 Å². The minimum absolute atomic E-state index is 0.0361. The van der Waals surface area contributed by atoms with Crippen LogP contribution < -0.4 is 4.74 Å². The number of nitrogens with zero attached hydrogens (tertiary/aromatic N) is 1. The lowest BCUT2D eigenvalue weighted by Crippen LogP contribution is -2.01. The molecule has 1 aromatic heterocycles. The molecule has 0 saturated carbocycles. The minimum Gasteiger partial charge on any atom is -0.491 e. The highest BCUT2D eigenvalue weighted by atomic mass is 16.5.